The molecule has 0 bridgehead atoms. The fraction of sp³-hybridized carbons (Fsp3) is 0. The fourth-order valence-electron chi connectivity index (χ4n) is 1.56. The average Bonchev–Trinajstić information content (AvgIpc) is 2.30. The summed E-state index contributed by atoms with van der Waals surface area (Å²) in [5.41, 5.74) is 6.69. The van der Waals surface area contributed by atoms with Gasteiger partial charge < -0.3 is 11.1 Å². The molecule has 0 fully saturated rings. The number of hydrogen-bond donors (Lipinski definition) is 2. The van der Waals surface area contributed by atoms with Gasteiger partial charge in [0.1, 0.15) is 17.7 Å². The van der Waals surface area contributed by atoms with Crippen LogP contribution in [0.4, 0.5) is 25.8 Å². The first-order valence-electron chi connectivity index (χ1n) is 5.11. The Morgan fingerprint density at radius 2 is 1.83 bits per heavy atom. The number of nitrogen functional groups attached to an aromatic ring is 1. The number of anilines is 3. The third-order valence-corrected chi connectivity index (χ3v) is 2.30. The van der Waals surface area contributed by atoms with Crippen LogP contribution in [0.25, 0.3) is 0 Å². The minimum absolute atomic E-state index is 0.137. The van der Waals surface area contributed by atoms with E-state index in [1.165, 1.54) is 30.3 Å². The van der Waals surface area contributed by atoms with Gasteiger partial charge in [0, 0.05) is 11.4 Å². The summed E-state index contributed by atoms with van der Waals surface area (Å²) in [5, 5.41) is 11.7. The first-order chi connectivity index (χ1) is 8.58. The highest BCUT2D eigenvalue weighted by atomic mass is 19.1. The summed E-state index contributed by atoms with van der Waals surface area (Å²) in [7, 11) is 0. The summed E-state index contributed by atoms with van der Waals surface area (Å²) in [5.74, 6) is -0.992. The molecule has 0 aliphatic heterocycles. The highest BCUT2D eigenvalue weighted by molar-refractivity contribution is 5.68. The van der Waals surface area contributed by atoms with Crippen molar-refractivity contribution in [3.05, 3.63) is 53.6 Å². The summed E-state index contributed by atoms with van der Waals surface area (Å²) in [6.45, 7) is 0. The lowest BCUT2D eigenvalue weighted by Gasteiger charge is -2.09. The normalized spacial score (nSPS) is 9.83. The number of nitrogens with zero attached hydrogens (tertiary/aromatic N) is 1. The molecule has 0 atom stereocenters. The highest BCUT2D eigenvalue weighted by Crippen LogP contribution is 2.23. The molecule has 2 rings (SSSR count). The van der Waals surface area contributed by atoms with Gasteiger partial charge in [-0.25, -0.2) is 8.78 Å². The van der Waals surface area contributed by atoms with Crippen LogP contribution in [0.5, 0.6) is 0 Å². The Kier molecular flexibility index (Phi) is 3.11. The molecule has 0 aromatic heterocycles. The van der Waals surface area contributed by atoms with Crippen molar-refractivity contribution in [1.29, 1.82) is 5.26 Å². The van der Waals surface area contributed by atoms with Crippen molar-refractivity contribution >= 4 is 17.1 Å². The van der Waals surface area contributed by atoms with Gasteiger partial charge in [-0.05, 0) is 36.4 Å². The van der Waals surface area contributed by atoms with Crippen molar-refractivity contribution < 1.29 is 8.78 Å². The van der Waals surface area contributed by atoms with E-state index in [0.717, 1.165) is 6.07 Å². The standard InChI is InChI=1S/C13H9F2N3/c14-9-1-2-13(8(3-9)7-16)18-12-5-10(15)4-11(17)6-12/h1-6,18H,17H2. The quantitative estimate of drug-likeness (QED) is 0.799. The molecule has 0 unspecified atom stereocenters. The lowest BCUT2D eigenvalue weighted by Crippen LogP contribution is -1.96. The molecular weight excluding hydrogens is 236 g/mol. The van der Waals surface area contributed by atoms with E-state index in [2.05, 4.69) is 5.32 Å². The van der Waals surface area contributed by atoms with E-state index in [1.54, 1.807) is 0 Å². The lowest BCUT2D eigenvalue weighted by molar-refractivity contribution is 0.627. The van der Waals surface area contributed by atoms with Gasteiger partial charge in [-0.15, -0.1) is 0 Å². The van der Waals surface area contributed by atoms with Crippen LogP contribution in [-0.2, 0) is 0 Å². The third kappa shape index (κ3) is 2.55. The summed E-state index contributed by atoms with van der Waals surface area (Å²) in [4.78, 5) is 0. The maximum atomic E-state index is 13.1. The molecular formula is C13H9F2N3. The Morgan fingerprint density at radius 1 is 1.06 bits per heavy atom. The Labute approximate surface area is 102 Å². The van der Waals surface area contributed by atoms with E-state index in [-0.39, 0.29) is 11.3 Å². The number of nitriles is 1. The molecule has 0 amide bonds. The second-order valence-electron chi connectivity index (χ2n) is 3.70. The number of benzene rings is 2. The topological polar surface area (TPSA) is 61.8 Å². The van der Waals surface area contributed by atoms with Gasteiger partial charge in [0.25, 0.3) is 0 Å². The average molecular weight is 245 g/mol. The van der Waals surface area contributed by atoms with Crippen LogP contribution >= 0.6 is 0 Å². The molecule has 18 heavy (non-hydrogen) atoms. The molecule has 3 N–H and O–H groups in total. The molecule has 0 radical (unpaired) electrons. The number of nitrogens with one attached hydrogen (secondary N) is 1. The maximum Gasteiger partial charge on any atom is 0.127 e. The summed E-state index contributed by atoms with van der Waals surface area (Å²) >= 11 is 0. The summed E-state index contributed by atoms with van der Waals surface area (Å²) in [6, 6.07) is 9.53. The fourth-order valence-corrected chi connectivity index (χ4v) is 1.56. The smallest absolute Gasteiger partial charge is 0.127 e. The predicted molar refractivity (Wildman–Crippen MR) is 65.2 cm³/mol. The van der Waals surface area contributed by atoms with Crippen molar-refractivity contribution in [3.8, 4) is 6.07 Å². The molecule has 0 spiro atoms. The molecule has 0 saturated carbocycles. The second-order valence-corrected chi connectivity index (χ2v) is 3.70. The highest BCUT2D eigenvalue weighted by Gasteiger charge is 2.05. The van der Waals surface area contributed by atoms with Crippen molar-refractivity contribution in [2.24, 2.45) is 0 Å². The monoisotopic (exact) mass is 245 g/mol. The Hall–Kier alpha value is -2.61. The van der Waals surface area contributed by atoms with E-state index in [9.17, 15) is 8.78 Å². The van der Waals surface area contributed by atoms with Gasteiger partial charge in [0.05, 0.1) is 11.3 Å². The van der Waals surface area contributed by atoms with Crippen LogP contribution < -0.4 is 11.1 Å². The lowest BCUT2D eigenvalue weighted by atomic mass is 10.1. The van der Waals surface area contributed by atoms with Gasteiger partial charge in [-0.3, -0.25) is 0 Å². The van der Waals surface area contributed by atoms with Crippen LogP contribution in [-0.4, -0.2) is 0 Å². The zero-order chi connectivity index (χ0) is 13.1. The first-order valence-corrected chi connectivity index (χ1v) is 5.11. The summed E-state index contributed by atoms with van der Waals surface area (Å²) < 4.78 is 26.1. The Bertz CT molecular complexity index is 612. The number of rotatable bonds is 2. The molecule has 0 aliphatic carbocycles. The SMILES string of the molecule is N#Cc1cc(F)ccc1Nc1cc(N)cc(F)c1. The second kappa shape index (κ2) is 4.72. The van der Waals surface area contributed by atoms with Crippen molar-refractivity contribution in [2.45, 2.75) is 0 Å². The zero-order valence-corrected chi connectivity index (χ0v) is 9.24. The zero-order valence-electron chi connectivity index (χ0n) is 9.24. The molecule has 0 heterocycles. The molecule has 90 valence electrons. The summed E-state index contributed by atoms with van der Waals surface area (Å²) in [6.07, 6.45) is 0. The van der Waals surface area contributed by atoms with Crippen molar-refractivity contribution in [2.75, 3.05) is 11.1 Å². The van der Waals surface area contributed by atoms with E-state index in [0.29, 0.717) is 11.4 Å². The van der Waals surface area contributed by atoms with Gasteiger partial charge in [0.2, 0.25) is 0 Å². The van der Waals surface area contributed by atoms with Crippen LogP contribution in [0.3, 0.4) is 0 Å². The molecule has 0 aliphatic rings. The van der Waals surface area contributed by atoms with Gasteiger partial charge >= 0.3 is 0 Å². The number of halogens is 2. The van der Waals surface area contributed by atoms with Gasteiger partial charge in [-0.1, -0.05) is 0 Å². The minimum atomic E-state index is -0.504. The molecule has 2 aromatic carbocycles. The predicted octanol–water partition coefficient (Wildman–Crippen LogP) is 3.16. The molecule has 2 aromatic rings. The van der Waals surface area contributed by atoms with E-state index < -0.39 is 11.6 Å². The van der Waals surface area contributed by atoms with Crippen molar-refractivity contribution in [1.82, 2.24) is 0 Å². The van der Waals surface area contributed by atoms with Crippen LogP contribution in [0.2, 0.25) is 0 Å². The van der Waals surface area contributed by atoms with E-state index >= 15 is 0 Å². The van der Waals surface area contributed by atoms with Crippen molar-refractivity contribution in [3.63, 3.8) is 0 Å². The molecule has 3 nitrogen and oxygen atoms in total. The van der Waals surface area contributed by atoms with E-state index in [4.69, 9.17) is 11.0 Å². The van der Waals surface area contributed by atoms with E-state index in [1.807, 2.05) is 6.07 Å². The molecule has 0 saturated heterocycles. The van der Waals surface area contributed by atoms with Crippen LogP contribution in [0.15, 0.2) is 36.4 Å². The van der Waals surface area contributed by atoms with Gasteiger partial charge in [0.15, 0.2) is 0 Å². The maximum absolute atomic E-state index is 13.1. The number of hydrogen-bond acceptors (Lipinski definition) is 3. The minimum Gasteiger partial charge on any atom is -0.399 e. The number of nitrogens with two attached hydrogens (primary N) is 1. The third-order valence-electron chi connectivity index (χ3n) is 2.30. The van der Waals surface area contributed by atoms with Crippen LogP contribution in [0, 0.1) is 23.0 Å². The molecule has 5 heteroatoms. The van der Waals surface area contributed by atoms with Gasteiger partial charge in [-0.2, -0.15) is 5.26 Å². The Balaban J connectivity index is 2.37. The Morgan fingerprint density at radius 3 is 2.50 bits per heavy atom. The van der Waals surface area contributed by atoms with Crippen LogP contribution in [0.1, 0.15) is 5.56 Å². The first kappa shape index (κ1) is 11.9. The largest absolute Gasteiger partial charge is 0.399 e.